The van der Waals surface area contributed by atoms with Gasteiger partial charge in [0.1, 0.15) is 0 Å². The first-order chi connectivity index (χ1) is 12.5. The van der Waals surface area contributed by atoms with E-state index >= 15 is 0 Å². The highest BCUT2D eigenvalue weighted by Gasteiger charge is 2.32. The molecule has 0 radical (unpaired) electrons. The van der Waals surface area contributed by atoms with Crippen molar-refractivity contribution in [1.82, 2.24) is 10.2 Å². The maximum atomic E-state index is 12.5. The minimum absolute atomic E-state index is 0.0926. The number of hydrogen-bond donors (Lipinski definition) is 2. The van der Waals surface area contributed by atoms with E-state index in [4.69, 9.17) is 5.73 Å². The summed E-state index contributed by atoms with van der Waals surface area (Å²) in [5, 5.41) is 3.27. The topological polar surface area (TPSA) is 58.4 Å². The van der Waals surface area contributed by atoms with E-state index in [9.17, 15) is 4.79 Å². The lowest BCUT2D eigenvalue weighted by Crippen LogP contribution is -2.54. The summed E-state index contributed by atoms with van der Waals surface area (Å²) in [5.41, 5.74) is 8.77. The highest BCUT2D eigenvalue weighted by Crippen LogP contribution is 2.23. The molecule has 0 saturated carbocycles. The fourth-order valence-corrected chi connectivity index (χ4v) is 3.99. The van der Waals surface area contributed by atoms with Crippen LogP contribution < -0.4 is 11.1 Å². The largest absolute Gasteiger partial charge is 0.399 e. The van der Waals surface area contributed by atoms with Crippen molar-refractivity contribution in [2.45, 2.75) is 32.9 Å². The molecule has 0 spiro atoms. The van der Waals surface area contributed by atoms with Crippen LogP contribution in [0.15, 0.2) is 54.6 Å². The van der Waals surface area contributed by atoms with Gasteiger partial charge in [0.2, 0.25) is 5.91 Å². The summed E-state index contributed by atoms with van der Waals surface area (Å²) in [4.78, 5) is 15.0. The molecule has 2 aromatic rings. The van der Waals surface area contributed by atoms with Crippen LogP contribution >= 0.6 is 0 Å². The van der Waals surface area contributed by atoms with Crippen LogP contribution in [0.1, 0.15) is 25.0 Å². The van der Waals surface area contributed by atoms with E-state index in [2.05, 4.69) is 54.4 Å². The quantitative estimate of drug-likeness (QED) is 0.814. The van der Waals surface area contributed by atoms with E-state index in [0.29, 0.717) is 18.3 Å². The van der Waals surface area contributed by atoms with E-state index in [1.54, 1.807) is 0 Å². The van der Waals surface area contributed by atoms with Gasteiger partial charge in [0, 0.05) is 31.4 Å². The van der Waals surface area contributed by atoms with Gasteiger partial charge in [-0.15, -0.1) is 0 Å². The lowest BCUT2D eigenvalue weighted by molar-refractivity contribution is -0.122. The van der Waals surface area contributed by atoms with Crippen LogP contribution in [0.25, 0.3) is 0 Å². The second kappa shape index (κ2) is 8.37. The summed E-state index contributed by atoms with van der Waals surface area (Å²) in [5.74, 6) is 0.950. The van der Waals surface area contributed by atoms with Crippen molar-refractivity contribution in [2.24, 2.45) is 11.8 Å². The lowest BCUT2D eigenvalue weighted by Gasteiger charge is -2.41. The Kier molecular flexibility index (Phi) is 5.94. The molecule has 2 unspecified atom stereocenters. The molecular formula is C22H29N3O. The maximum Gasteiger partial charge on any atom is 0.224 e. The van der Waals surface area contributed by atoms with Crippen LogP contribution in [-0.2, 0) is 17.8 Å². The van der Waals surface area contributed by atoms with Crippen LogP contribution in [-0.4, -0.2) is 29.9 Å². The number of carbonyl (C=O) groups excluding carboxylic acids is 1. The van der Waals surface area contributed by atoms with Crippen LogP contribution in [0.5, 0.6) is 0 Å². The van der Waals surface area contributed by atoms with Gasteiger partial charge in [-0.1, -0.05) is 56.3 Å². The first-order valence-electron chi connectivity index (χ1n) is 9.41. The minimum Gasteiger partial charge on any atom is -0.399 e. The Morgan fingerprint density at radius 3 is 2.23 bits per heavy atom. The molecule has 1 aliphatic heterocycles. The molecule has 0 aromatic heterocycles. The number of anilines is 1. The number of nitrogens with two attached hydrogens (primary N) is 1. The Bertz CT molecular complexity index is 702. The van der Waals surface area contributed by atoms with Crippen LogP contribution in [0, 0.1) is 11.8 Å². The zero-order valence-electron chi connectivity index (χ0n) is 15.7. The molecule has 2 atom stereocenters. The van der Waals surface area contributed by atoms with Gasteiger partial charge in [-0.25, -0.2) is 0 Å². The van der Waals surface area contributed by atoms with Crippen molar-refractivity contribution < 1.29 is 4.79 Å². The number of carbonyl (C=O) groups is 1. The third-order valence-corrected chi connectivity index (χ3v) is 5.24. The van der Waals surface area contributed by atoms with Gasteiger partial charge in [0.15, 0.2) is 0 Å². The van der Waals surface area contributed by atoms with Gasteiger partial charge in [-0.3, -0.25) is 9.69 Å². The minimum atomic E-state index is 0.0926. The summed E-state index contributed by atoms with van der Waals surface area (Å²) >= 11 is 0. The number of rotatable bonds is 5. The number of hydrogen-bond acceptors (Lipinski definition) is 3. The number of benzene rings is 2. The molecule has 4 heteroatoms. The zero-order valence-corrected chi connectivity index (χ0v) is 15.7. The van der Waals surface area contributed by atoms with Crippen molar-refractivity contribution in [3.05, 3.63) is 65.7 Å². The average molecular weight is 351 g/mol. The first kappa shape index (κ1) is 18.5. The summed E-state index contributed by atoms with van der Waals surface area (Å²) < 4.78 is 0. The highest BCUT2D eigenvalue weighted by atomic mass is 16.1. The molecule has 0 bridgehead atoms. The summed E-state index contributed by atoms with van der Waals surface area (Å²) in [7, 11) is 0. The molecule has 0 aliphatic carbocycles. The second-order valence-electron chi connectivity index (χ2n) is 7.65. The first-order valence-corrected chi connectivity index (χ1v) is 9.41. The third-order valence-electron chi connectivity index (χ3n) is 5.24. The molecule has 26 heavy (non-hydrogen) atoms. The third kappa shape index (κ3) is 4.85. The van der Waals surface area contributed by atoms with Gasteiger partial charge >= 0.3 is 0 Å². The average Bonchev–Trinajstić information content (AvgIpc) is 2.61. The van der Waals surface area contributed by atoms with Gasteiger partial charge < -0.3 is 11.1 Å². The Balaban J connectivity index is 1.54. The number of likely N-dealkylation sites (tertiary alicyclic amines) is 1. The summed E-state index contributed by atoms with van der Waals surface area (Å²) in [6.45, 7) is 7.46. The Hall–Kier alpha value is -2.33. The summed E-state index contributed by atoms with van der Waals surface area (Å²) in [6, 6.07) is 18.3. The van der Waals surface area contributed by atoms with Crippen molar-refractivity contribution in [1.29, 1.82) is 0 Å². The Morgan fingerprint density at radius 1 is 1.00 bits per heavy atom. The van der Waals surface area contributed by atoms with Crippen LogP contribution in [0.4, 0.5) is 5.69 Å². The maximum absolute atomic E-state index is 12.5. The molecule has 1 aliphatic rings. The smallest absolute Gasteiger partial charge is 0.224 e. The monoisotopic (exact) mass is 351 g/mol. The SMILES string of the molecule is CC1CN(Cc2ccccc2)CC(C)C1NC(=O)Cc1ccc(N)cc1. The fraction of sp³-hybridized carbons (Fsp3) is 0.409. The number of nitrogens with zero attached hydrogens (tertiary/aromatic N) is 1. The van der Waals surface area contributed by atoms with Gasteiger partial charge in [0.25, 0.3) is 0 Å². The molecule has 138 valence electrons. The number of amides is 1. The molecule has 2 aromatic carbocycles. The Morgan fingerprint density at radius 2 is 1.62 bits per heavy atom. The predicted octanol–water partition coefficient (Wildman–Crippen LogP) is 3.08. The van der Waals surface area contributed by atoms with Crippen molar-refractivity contribution in [2.75, 3.05) is 18.8 Å². The molecule has 1 fully saturated rings. The second-order valence-corrected chi connectivity index (χ2v) is 7.65. The predicted molar refractivity (Wildman–Crippen MR) is 107 cm³/mol. The molecule has 4 nitrogen and oxygen atoms in total. The zero-order chi connectivity index (χ0) is 18.5. The number of piperidine rings is 1. The molecule has 3 N–H and O–H groups in total. The van der Waals surface area contributed by atoms with E-state index < -0.39 is 0 Å². The molecule has 1 amide bonds. The van der Waals surface area contributed by atoms with Crippen LogP contribution in [0.3, 0.4) is 0 Å². The van der Waals surface area contributed by atoms with E-state index in [-0.39, 0.29) is 11.9 Å². The normalized spacial score (nSPS) is 23.5. The highest BCUT2D eigenvalue weighted by molar-refractivity contribution is 5.79. The van der Waals surface area contributed by atoms with Crippen LogP contribution in [0.2, 0.25) is 0 Å². The Labute approximate surface area is 156 Å². The van der Waals surface area contributed by atoms with Crippen molar-refractivity contribution in [3.63, 3.8) is 0 Å². The van der Waals surface area contributed by atoms with Crippen molar-refractivity contribution in [3.8, 4) is 0 Å². The molecule has 1 heterocycles. The van der Waals surface area contributed by atoms with E-state index in [1.165, 1.54) is 5.56 Å². The number of nitrogen functional groups attached to an aromatic ring is 1. The lowest BCUT2D eigenvalue weighted by atomic mass is 9.85. The summed E-state index contributed by atoms with van der Waals surface area (Å²) in [6.07, 6.45) is 0.407. The molecule has 1 saturated heterocycles. The van der Waals surface area contributed by atoms with Gasteiger partial charge in [-0.2, -0.15) is 0 Å². The van der Waals surface area contributed by atoms with E-state index in [0.717, 1.165) is 30.9 Å². The van der Waals surface area contributed by atoms with Gasteiger partial charge in [0.05, 0.1) is 6.42 Å². The standard InChI is InChI=1S/C22H29N3O/c1-16-13-25(15-19-6-4-3-5-7-19)14-17(2)22(16)24-21(26)12-18-8-10-20(23)11-9-18/h3-11,16-17,22H,12-15,23H2,1-2H3,(H,24,26). The van der Waals surface area contributed by atoms with Gasteiger partial charge in [-0.05, 0) is 35.1 Å². The fourth-order valence-electron chi connectivity index (χ4n) is 3.99. The molecule has 3 rings (SSSR count). The molecular weight excluding hydrogens is 322 g/mol. The number of nitrogens with one attached hydrogen (secondary N) is 1. The van der Waals surface area contributed by atoms with E-state index in [1.807, 2.05) is 24.3 Å². The van der Waals surface area contributed by atoms with Crippen molar-refractivity contribution >= 4 is 11.6 Å².